The third-order valence-corrected chi connectivity index (χ3v) is 5.65. The number of hydrogen-bond acceptors (Lipinski definition) is 5. The zero-order chi connectivity index (χ0) is 15.2. The molecule has 0 aliphatic carbocycles. The minimum absolute atomic E-state index is 0.109. The lowest BCUT2D eigenvalue weighted by Crippen LogP contribution is -2.30. The van der Waals surface area contributed by atoms with Gasteiger partial charge in [0.1, 0.15) is 0 Å². The fourth-order valence-electron chi connectivity index (χ4n) is 2.59. The maximum atomic E-state index is 12.7. The van der Waals surface area contributed by atoms with Gasteiger partial charge in [-0.3, -0.25) is 0 Å². The summed E-state index contributed by atoms with van der Waals surface area (Å²) in [5, 5.41) is 20.3. The predicted molar refractivity (Wildman–Crippen MR) is 79.1 cm³/mol. The Morgan fingerprint density at radius 1 is 1.00 bits per heavy atom. The normalized spacial score (nSPS) is 23.7. The van der Waals surface area contributed by atoms with E-state index in [9.17, 15) is 18.6 Å². The van der Waals surface area contributed by atoms with Gasteiger partial charge in [-0.2, -0.15) is 4.31 Å². The van der Waals surface area contributed by atoms with Crippen molar-refractivity contribution in [2.75, 3.05) is 18.8 Å². The van der Waals surface area contributed by atoms with Crippen LogP contribution >= 0.6 is 0 Å². The molecular formula is C14H16N2O4S. The molecule has 2 atom stereocenters. The van der Waals surface area contributed by atoms with Crippen molar-refractivity contribution in [2.24, 2.45) is 0 Å². The van der Waals surface area contributed by atoms with Gasteiger partial charge in [-0.1, -0.05) is 24.3 Å². The summed E-state index contributed by atoms with van der Waals surface area (Å²) in [7, 11) is -3.79. The quantitative estimate of drug-likeness (QED) is 0.685. The molecule has 7 heteroatoms. The average Bonchev–Trinajstić information content (AvgIpc) is 2.80. The molecule has 21 heavy (non-hydrogen) atoms. The van der Waals surface area contributed by atoms with Crippen molar-refractivity contribution >= 4 is 26.5 Å². The number of aliphatic hydroxyl groups is 2. The number of nitrogens with two attached hydrogens (primary N) is 1. The van der Waals surface area contributed by atoms with Gasteiger partial charge in [-0.25, -0.2) is 8.42 Å². The van der Waals surface area contributed by atoms with E-state index in [2.05, 4.69) is 0 Å². The van der Waals surface area contributed by atoms with Crippen LogP contribution in [0.2, 0.25) is 0 Å². The summed E-state index contributed by atoms with van der Waals surface area (Å²) in [6.45, 7) is -0.218. The average molecular weight is 308 g/mol. The SMILES string of the molecule is Nc1ccc(S(=O)(=O)N2CC(O)C(O)C2)c2ccccc12. The molecule has 2 aromatic carbocycles. The molecule has 0 aromatic heterocycles. The molecule has 2 aromatic rings. The van der Waals surface area contributed by atoms with Gasteiger partial charge in [0.25, 0.3) is 0 Å². The van der Waals surface area contributed by atoms with Crippen molar-refractivity contribution in [3.05, 3.63) is 36.4 Å². The van der Waals surface area contributed by atoms with Crippen molar-refractivity contribution < 1.29 is 18.6 Å². The third-order valence-electron chi connectivity index (χ3n) is 3.76. The number of nitrogens with zero attached hydrogens (tertiary/aromatic N) is 1. The second-order valence-corrected chi connectivity index (χ2v) is 7.06. The smallest absolute Gasteiger partial charge is 0.243 e. The van der Waals surface area contributed by atoms with Crippen molar-refractivity contribution in [2.45, 2.75) is 17.1 Å². The third kappa shape index (κ3) is 2.28. The molecule has 1 heterocycles. The first kappa shape index (κ1) is 14.3. The van der Waals surface area contributed by atoms with E-state index >= 15 is 0 Å². The number of hydrogen-bond donors (Lipinski definition) is 3. The molecule has 1 fully saturated rings. The maximum Gasteiger partial charge on any atom is 0.243 e. The molecule has 3 rings (SSSR count). The molecule has 112 valence electrons. The van der Waals surface area contributed by atoms with Gasteiger partial charge in [0.2, 0.25) is 10.0 Å². The van der Waals surface area contributed by atoms with Crippen molar-refractivity contribution in [3.63, 3.8) is 0 Å². The number of fused-ring (bicyclic) bond motifs is 1. The van der Waals surface area contributed by atoms with Crippen molar-refractivity contribution in [3.8, 4) is 0 Å². The number of sulfonamides is 1. The lowest BCUT2D eigenvalue weighted by atomic mass is 10.1. The van der Waals surface area contributed by atoms with Gasteiger partial charge in [0, 0.05) is 29.5 Å². The van der Waals surface area contributed by atoms with Gasteiger partial charge in [-0.05, 0) is 12.1 Å². The molecule has 1 aliphatic heterocycles. The summed E-state index contributed by atoms with van der Waals surface area (Å²) in [5.74, 6) is 0. The van der Waals surface area contributed by atoms with Crippen LogP contribution in [0.1, 0.15) is 0 Å². The van der Waals surface area contributed by atoms with Crippen LogP contribution in [0, 0.1) is 0 Å². The van der Waals surface area contributed by atoms with Crippen LogP contribution in [0.4, 0.5) is 5.69 Å². The molecule has 0 bridgehead atoms. The highest BCUT2D eigenvalue weighted by atomic mass is 32.2. The molecule has 0 radical (unpaired) electrons. The van der Waals surface area contributed by atoms with Crippen LogP contribution in [0.3, 0.4) is 0 Å². The Labute approximate surface area is 122 Å². The second-order valence-electron chi connectivity index (χ2n) is 5.16. The summed E-state index contributed by atoms with van der Waals surface area (Å²) >= 11 is 0. The second kappa shape index (κ2) is 4.96. The maximum absolute atomic E-state index is 12.7. The van der Waals surface area contributed by atoms with Gasteiger partial charge < -0.3 is 15.9 Å². The largest absolute Gasteiger partial charge is 0.398 e. The van der Waals surface area contributed by atoms with Gasteiger partial charge in [0.05, 0.1) is 17.1 Å². The van der Waals surface area contributed by atoms with Gasteiger partial charge >= 0.3 is 0 Å². The van der Waals surface area contributed by atoms with E-state index in [1.165, 1.54) is 6.07 Å². The van der Waals surface area contributed by atoms with E-state index in [4.69, 9.17) is 5.73 Å². The first-order chi connectivity index (χ1) is 9.91. The lowest BCUT2D eigenvalue weighted by molar-refractivity contribution is 0.0572. The summed E-state index contributed by atoms with van der Waals surface area (Å²) in [5.41, 5.74) is 6.38. The highest BCUT2D eigenvalue weighted by Gasteiger charge is 2.38. The Morgan fingerprint density at radius 3 is 2.19 bits per heavy atom. The monoisotopic (exact) mass is 308 g/mol. The van der Waals surface area contributed by atoms with E-state index in [1.54, 1.807) is 30.3 Å². The highest BCUT2D eigenvalue weighted by molar-refractivity contribution is 7.89. The van der Waals surface area contributed by atoms with E-state index in [-0.39, 0.29) is 18.0 Å². The molecule has 0 amide bonds. The summed E-state index contributed by atoms with van der Waals surface area (Å²) < 4.78 is 26.5. The molecule has 1 aliphatic rings. The number of benzene rings is 2. The number of aliphatic hydroxyl groups excluding tert-OH is 2. The fraction of sp³-hybridized carbons (Fsp3) is 0.286. The minimum atomic E-state index is -3.79. The number of anilines is 1. The molecule has 1 saturated heterocycles. The van der Waals surface area contributed by atoms with Gasteiger partial charge in [-0.15, -0.1) is 0 Å². The number of nitrogen functional groups attached to an aromatic ring is 1. The fourth-order valence-corrected chi connectivity index (χ4v) is 4.26. The van der Waals surface area contributed by atoms with Crippen LogP contribution < -0.4 is 5.73 Å². The zero-order valence-electron chi connectivity index (χ0n) is 11.2. The Balaban J connectivity index is 2.14. The van der Waals surface area contributed by atoms with Crippen molar-refractivity contribution in [1.82, 2.24) is 4.31 Å². The van der Waals surface area contributed by atoms with E-state index in [0.29, 0.717) is 16.5 Å². The molecule has 4 N–H and O–H groups in total. The Kier molecular flexibility index (Phi) is 3.37. The predicted octanol–water partition coefficient (Wildman–Crippen LogP) is 0.148. The molecule has 6 nitrogen and oxygen atoms in total. The number of rotatable bonds is 2. The minimum Gasteiger partial charge on any atom is -0.398 e. The van der Waals surface area contributed by atoms with Crippen molar-refractivity contribution in [1.29, 1.82) is 0 Å². The Hall–Kier alpha value is -1.67. The Morgan fingerprint density at radius 2 is 1.57 bits per heavy atom. The van der Waals surface area contributed by atoms with Crippen LogP contribution in [0.15, 0.2) is 41.3 Å². The van der Waals surface area contributed by atoms with Gasteiger partial charge in [0.15, 0.2) is 0 Å². The number of β-amino-alcohol motifs (C(OH)–C–C–N with tert-alkyl or cyclic N) is 2. The topological polar surface area (TPSA) is 104 Å². The summed E-state index contributed by atoms with van der Waals surface area (Å²) in [6, 6.07) is 10.0. The summed E-state index contributed by atoms with van der Waals surface area (Å²) in [4.78, 5) is 0.133. The molecule has 0 saturated carbocycles. The van der Waals surface area contributed by atoms with Crippen LogP contribution in [-0.2, 0) is 10.0 Å². The molecular weight excluding hydrogens is 292 g/mol. The zero-order valence-corrected chi connectivity index (χ0v) is 12.0. The standard InChI is InChI=1S/C14H16N2O4S/c15-11-5-6-14(10-4-2-1-3-9(10)11)21(19,20)16-7-12(17)13(18)8-16/h1-6,12-13,17-18H,7-8,15H2. The molecule has 2 unspecified atom stereocenters. The van der Waals surface area contributed by atoms with Crippen LogP contribution in [0.25, 0.3) is 10.8 Å². The van der Waals surface area contributed by atoms with Crippen LogP contribution in [-0.4, -0.2) is 48.2 Å². The lowest BCUT2D eigenvalue weighted by Gasteiger charge is -2.17. The highest BCUT2D eigenvalue weighted by Crippen LogP contribution is 2.31. The summed E-state index contributed by atoms with van der Waals surface area (Å²) in [6.07, 6.45) is -2.11. The Bertz CT molecular complexity index is 781. The van der Waals surface area contributed by atoms with E-state index < -0.39 is 22.2 Å². The van der Waals surface area contributed by atoms with E-state index in [1.807, 2.05) is 0 Å². The first-order valence-corrected chi connectivity index (χ1v) is 7.99. The first-order valence-electron chi connectivity index (χ1n) is 6.55. The molecule has 0 spiro atoms. The van der Waals surface area contributed by atoms with E-state index in [0.717, 1.165) is 4.31 Å². The van der Waals surface area contributed by atoms with Crippen LogP contribution in [0.5, 0.6) is 0 Å².